The molecule has 2 rings (SSSR count). The zero-order chi connectivity index (χ0) is 17.5. The summed E-state index contributed by atoms with van der Waals surface area (Å²) in [7, 11) is 0. The molecule has 0 aliphatic rings. The summed E-state index contributed by atoms with van der Waals surface area (Å²) >= 11 is 2.74. The van der Waals surface area contributed by atoms with E-state index in [1.165, 1.54) is 35.9 Å². The van der Waals surface area contributed by atoms with Gasteiger partial charge in [0.25, 0.3) is 5.56 Å². The van der Waals surface area contributed by atoms with Gasteiger partial charge in [0, 0.05) is 12.6 Å². The van der Waals surface area contributed by atoms with Gasteiger partial charge in [-0.25, -0.2) is 4.98 Å². The number of amides is 1. The van der Waals surface area contributed by atoms with Gasteiger partial charge in [-0.05, 0) is 31.7 Å². The van der Waals surface area contributed by atoms with Crippen molar-refractivity contribution in [3.8, 4) is 0 Å². The third-order valence-corrected chi connectivity index (χ3v) is 5.70. The molecule has 0 radical (unpaired) electrons. The van der Waals surface area contributed by atoms with Gasteiger partial charge in [-0.3, -0.25) is 14.2 Å². The SMILES string of the molecule is CCCCCC(C)NC(=O)CSc1nc2ccsc2c(=O)n1CC. The zero-order valence-electron chi connectivity index (χ0n) is 14.5. The molecule has 0 bridgehead atoms. The monoisotopic (exact) mass is 367 g/mol. The minimum absolute atomic E-state index is 0.00804. The molecule has 0 aliphatic heterocycles. The first-order valence-electron chi connectivity index (χ1n) is 8.47. The highest BCUT2D eigenvalue weighted by Crippen LogP contribution is 2.20. The van der Waals surface area contributed by atoms with Crippen molar-refractivity contribution in [2.75, 3.05) is 5.75 Å². The summed E-state index contributed by atoms with van der Waals surface area (Å²) in [5, 5.41) is 5.51. The average Bonchev–Trinajstić information content (AvgIpc) is 3.02. The van der Waals surface area contributed by atoms with E-state index in [0.717, 1.165) is 12.8 Å². The van der Waals surface area contributed by atoms with Crippen LogP contribution in [0.2, 0.25) is 0 Å². The van der Waals surface area contributed by atoms with Gasteiger partial charge < -0.3 is 5.32 Å². The van der Waals surface area contributed by atoms with E-state index in [1.807, 2.05) is 25.3 Å². The van der Waals surface area contributed by atoms with Gasteiger partial charge in [-0.2, -0.15) is 0 Å². The quantitative estimate of drug-likeness (QED) is 0.417. The Hall–Kier alpha value is -1.34. The molecule has 1 atom stereocenters. The van der Waals surface area contributed by atoms with E-state index in [-0.39, 0.29) is 23.3 Å². The molecule has 24 heavy (non-hydrogen) atoms. The number of aromatic nitrogens is 2. The third-order valence-electron chi connectivity index (χ3n) is 3.83. The first kappa shape index (κ1) is 19.0. The van der Waals surface area contributed by atoms with Crippen molar-refractivity contribution in [3.05, 3.63) is 21.8 Å². The Morgan fingerprint density at radius 2 is 2.21 bits per heavy atom. The maximum absolute atomic E-state index is 12.4. The number of carbonyl (C=O) groups excluding carboxylic acids is 1. The van der Waals surface area contributed by atoms with Crippen LogP contribution in [-0.4, -0.2) is 27.3 Å². The first-order valence-corrected chi connectivity index (χ1v) is 10.3. The van der Waals surface area contributed by atoms with Crippen LogP contribution in [0.4, 0.5) is 0 Å². The number of unbranched alkanes of at least 4 members (excludes halogenated alkanes) is 2. The fraction of sp³-hybridized carbons (Fsp3) is 0.588. The van der Waals surface area contributed by atoms with Crippen molar-refractivity contribution in [1.82, 2.24) is 14.9 Å². The van der Waals surface area contributed by atoms with Gasteiger partial charge in [-0.1, -0.05) is 37.9 Å². The Labute approximate surface area is 150 Å². The fourth-order valence-corrected chi connectivity index (χ4v) is 4.18. The van der Waals surface area contributed by atoms with Gasteiger partial charge in [0.15, 0.2) is 5.16 Å². The molecule has 2 aromatic heterocycles. The Bertz CT molecular complexity index is 739. The van der Waals surface area contributed by atoms with Crippen molar-refractivity contribution in [3.63, 3.8) is 0 Å². The van der Waals surface area contributed by atoms with Crippen LogP contribution in [0.3, 0.4) is 0 Å². The number of nitrogens with zero attached hydrogens (tertiary/aromatic N) is 2. The summed E-state index contributed by atoms with van der Waals surface area (Å²) in [6.07, 6.45) is 4.52. The van der Waals surface area contributed by atoms with Crippen molar-refractivity contribution < 1.29 is 4.79 Å². The number of fused-ring (bicyclic) bond motifs is 1. The number of hydrogen-bond donors (Lipinski definition) is 1. The number of rotatable bonds is 9. The predicted molar refractivity (Wildman–Crippen MR) is 102 cm³/mol. The molecule has 0 fully saturated rings. The molecule has 0 saturated heterocycles. The van der Waals surface area contributed by atoms with Gasteiger partial charge in [0.05, 0.1) is 11.3 Å². The first-order chi connectivity index (χ1) is 11.6. The normalized spacial score (nSPS) is 12.5. The molecule has 132 valence electrons. The van der Waals surface area contributed by atoms with Crippen LogP contribution in [0, 0.1) is 0 Å². The van der Waals surface area contributed by atoms with Crippen LogP contribution in [0.25, 0.3) is 10.2 Å². The van der Waals surface area contributed by atoms with Crippen LogP contribution in [0.15, 0.2) is 21.4 Å². The van der Waals surface area contributed by atoms with Crippen molar-refractivity contribution >= 4 is 39.2 Å². The second-order valence-corrected chi connectivity index (χ2v) is 7.69. The lowest BCUT2D eigenvalue weighted by atomic mass is 10.1. The number of carbonyl (C=O) groups is 1. The summed E-state index contributed by atoms with van der Waals surface area (Å²) in [5.41, 5.74) is 0.693. The van der Waals surface area contributed by atoms with Crippen LogP contribution in [0.1, 0.15) is 46.5 Å². The summed E-state index contributed by atoms with van der Waals surface area (Å²) < 4.78 is 2.32. The number of hydrogen-bond acceptors (Lipinski definition) is 5. The number of thiophene rings is 1. The van der Waals surface area contributed by atoms with Crippen LogP contribution >= 0.6 is 23.1 Å². The lowest BCUT2D eigenvalue weighted by molar-refractivity contribution is -0.119. The van der Waals surface area contributed by atoms with Crippen molar-refractivity contribution in [2.45, 2.75) is 64.2 Å². The molecule has 0 aromatic carbocycles. The summed E-state index contributed by atoms with van der Waals surface area (Å²) in [5.74, 6) is 0.270. The van der Waals surface area contributed by atoms with E-state index in [2.05, 4.69) is 17.2 Å². The largest absolute Gasteiger partial charge is 0.353 e. The topological polar surface area (TPSA) is 64.0 Å². The standard InChI is InChI=1S/C17H25N3O2S2/c1-4-6-7-8-12(3)18-14(21)11-24-17-19-13-9-10-23-15(13)16(22)20(17)5-2/h9-10,12H,4-8,11H2,1-3H3,(H,18,21). The molecule has 1 amide bonds. The molecule has 2 heterocycles. The van der Waals surface area contributed by atoms with E-state index in [9.17, 15) is 9.59 Å². The number of nitrogens with one attached hydrogen (secondary N) is 1. The number of thioether (sulfide) groups is 1. The molecule has 0 aliphatic carbocycles. The molecule has 7 heteroatoms. The van der Waals surface area contributed by atoms with Crippen molar-refractivity contribution in [2.24, 2.45) is 0 Å². The molecule has 0 spiro atoms. The Kier molecular flexibility index (Phi) is 7.30. The van der Waals surface area contributed by atoms with Crippen LogP contribution in [0.5, 0.6) is 0 Å². The molecular weight excluding hydrogens is 342 g/mol. The molecule has 0 saturated carbocycles. The van der Waals surface area contributed by atoms with Gasteiger partial charge in [-0.15, -0.1) is 11.3 Å². The summed E-state index contributed by atoms with van der Waals surface area (Å²) in [6, 6.07) is 2.03. The smallest absolute Gasteiger partial charge is 0.272 e. The molecule has 5 nitrogen and oxygen atoms in total. The second kappa shape index (κ2) is 9.22. The minimum atomic E-state index is -0.0201. The highest BCUT2D eigenvalue weighted by atomic mass is 32.2. The molecule has 2 aromatic rings. The maximum atomic E-state index is 12.4. The minimum Gasteiger partial charge on any atom is -0.353 e. The van der Waals surface area contributed by atoms with Crippen LogP contribution in [-0.2, 0) is 11.3 Å². The van der Waals surface area contributed by atoms with Gasteiger partial charge in [0.2, 0.25) is 5.91 Å². The highest BCUT2D eigenvalue weighted by molar-refractivity contribution is 7.99. The molecular formula is C17H25N3O2S2. The Balaban J connectivity index is 1.97. The van der Waals surface area contributed by atoms with E-state index in [4.69, 9.17) is 0 Å². The second-order valence-electron chi connectivity index (χ2n) is 5.83. The molecule has 1 N–H and O–H groups in total. The van der Waals surface area contributed by atoms with Gasteiger partial charge >= 0.3 is 0 Å². The summed E-state index contributed by atoms with van der Waals surface area (Å²) in [6.45, 7) is 6.68. The maximum Gasteiger partial charge on any atom is 0.272 e. The van der Waals surface area contributed by atoms with Crippen molar-refractivity contribution in [1.29, 1.82) is 0 Å². The van der Waals surface area contributed by atoms with E-state index < -0.39 is 0 Å². The fourth-order valence-electron chi connectivity index (χ4n) is 2.53. The lowest BCUT2D eigenvalue weighted by Crippen LogP contribution is -2.34. The lowest BCUT2D eigenvalue weighted by Gasteiger charge is -2.14. The Morgan fingerprint density at radius 1 is 1.42 bits per heavy atom. The average molecular weight is 368 g/mol. The van der Waals surface area contributed by atoms with Crippen LogP contribution < -0.4 is 10.9 Å². The van der Waals surface area contributed by atoms with Gasteiger partial charge in [0.1, 0.15) is 4.70 Å². The van der Waals surface area contributed by atoms with E-state index in [1.54, 1.807) is 4.57 Å². The Morgan fingerprint density at radius 3 is 2.92 bits per heavy atom. The zero-order valence-corrected chi connectivity index (χ0v) is 16.1. The third kappa shape index (κ3) is 4.83. The molecule has 1 unspecified atom stereocenters. The predicted octanol–water partition coefficient (Wildman–Crippen LogP) is 3.66. The summed E-state index contributed by atoms with van der Waals surface area (Å²) in [4.78, 5) is 29.1. The van der Waals surface area contributed by atoms with E-state index in [0.29, 0.717) is 21.9 Å². The van der Waals surface area contributed by atoms with E-state index >= 15 is 0 Å². The highest BCUT2D eigenvalue weighted by Gasteiger charge is 2.14.